The predicted octanol–water partition coefficient (Wildman–Crippen LogP) is 0.446. The molecule has 6 heteroatoms. The molecule has 0 radical (unpaired) electrons. The Hall–Kier alpha value is -1.85. The van der Waals surface area contributed by atoms with Crippen LogP contribution in [0.1, 0.15) is 23.3 Å². The third-order valence-electron chi connectivity index (χ3n) is 2.60. The van der Waals surface area contributed by atoms with Crippen LogP contribution in [-0.4, -0.2) is 36.1 Å². The quantitative estimate of drug-likeness (QED) is 0.731. The Morgan fingerprint density at radius 2 is 2.19 bits per heavy atom. The van der Waals surface area contributed by atoms with Crippen LogP contribution in [0.15, 0.2) is 6.20 Å². The number of ether oxygens (including phenoxy) is 1. The van der Waals surface area contributed by atoms with E-state index in [4.69, 9.17) is 5.73 Å². The summed E-state index contributed by atoms with van der Waals surface area (Å²) in [6.07, 6.45) is 3.87. The normalized spacial score (nSPS) is 15.2. The lowest BCUT2D eigenvalue weighted by atomic mass is 10.4. The van der Waals surface area contributed by atoms with E-state index in [0.29, 0.717) is 5.82 Å². The first-order valence-corrected chi connectivity index (χ1v) is 5.18. The molecular formula is C10H14N4O2. The number of nitrogen functional groups attached to an aromatic ring is 1. The highest BCUT2D eigenvalue weighted by Crippen LogP contribution is 2.19. The van der Waals surface area contributed by atoms with Crippen molar-refractivity contribution in [1.29, 1.82) is 0 Å². The summed E-state index contributed by atoms with van der Waals surface area (Å²) in [5, 5.41) is 0. The number of carbonyl (C=O) groups is 1. The van der Waals surface area contributed by atoms with Gasteiger partial charge in [0.15, 0.2) is 11.5 Å². The van der Waals surface area contributed by atoms with E-state index in [9.17, 15) is 4.79 Å². The Labute approximate surface area is 93.4 Å². The Morgan fingerprint density at radius 3 is 2.81 bits per heavy atom. The monoisotopic (exact) mass is 222 g/mol. The minimum atomic E-state index is -0.550. The maximum Gasteiger partial charge on any atom is 0.360 e. The third kappa shape index (κ3) is 1.91. The molecule has 0 aliphatic carbocycles. The molecular weight excluding hydrogens is 208 g/mol. The molecule has 0 amide bonds. The Kier molecular flexibility index (Phi) is 2.89. The average Bonchev–Trinajstić information content (AvgIpc) is 2.82. The molecule has 2 rings (SSSR count). The van der Waals surface area contributed by atoms with Gasteiger partial charge >= 0.3 is 5.97 Å². The van der Waals surface area contributed by atoms with E-state index in [1.807, 2.05) is 0 Å². The SMILES string of the molecule is COC(=O)c1nc(N2CCCC2)cnc1N. The Bertz CT molecular complexity index is 402. The highest BCUT2D eigenvalue weighted by molar-refractivity contribution is 5.92. The van der Waals surface area contributed by atoms with E-state index < -0.39 is 5.97 Å². The van der Waals surface area contributed by atoms with Crippen LogP contribution < -0.4 is 10.6 Å². The van der Waals surface area contributed by atoms with Gasteiger partial charge in [0.25, 0.3) is 0 Å². The smallest absolute Gasteiger partial charge is 0.360 e. The van der Waals surface area contributed by atoms with Crippen LogP contribution in [0.25, 0.3) is 0 Å². The first kappa shape index (κ1) is 10.7. The molecule has 16 heavy (non-hydrogen) atoms. The Balaban J connectivity index is 2.30. The molecule has 0 aromatic carbocycles. The van der Waals surface area contributed by atoms with Crippen LogP contribution in [0, 0.1) is 0 Å². The fourth-order valence-electron chi connectivity index (χ4n) is 1.73. The molecule has 0 spiro atoms. The molecule has 2 N–H and O–H groups in total. The highest BCUT2D eigenvalue weighted by atomic mass is 16.5. The summed E-state index contributed by atoms with van der Waals surface area (Å²) in [6, 6.07) is 0. The van der Waals surface area contributed by atoms with Gasteiger partial charge in [-0.05, 0) is 12.8 Å². The van der Waals surface area contributed by atoms with Crippen molar-refractivity contribution >= 4 is 17.6 Å². The lowest BCUT2D eigenvalue weighted by Gasteiger charge is -2.16. The van der Waals surface area contributed by atoms with Crippen molar-refractivity contribution in [2.24, 2.45) is 0 Å². The van der Waals surface area contributed by atoms with Gasteiger partial charge in [-0.25, -0.2) is 14.8 Å². The van der Waals surface area contributed by atoms with Gasteiger partial charge in [-0.15, -0.1) is 0 Å². The summed E-state index contributed by atoms with van der Waals surface area (Å²) in [4.78, 5) is 21.6. The van der Waals surface area contributed by atoms with Gasteiger partial charge in [-0.2, -0.15) is 0 Å². The summed E-state index contributed by atoms with van der Waals surface area (Å²) >= 11 is 0. The van der Waals surface area contributed by atoms with Crippen molar-refractivity contribution < 1.29 is 9.53 Å². The summed E-state index contributed by atoms with van der Waals surface area (Å²) in [5.74, 6) is 0.243. The molecule has 1 aromatic rings. The zero-order chi connectivity index (χ0) is 11.5. The van der Waals surface area contributed by atoms with Gasteiger partial charge in [-0.1, -0.05) is 0 Å². The Morgan fingerprint density at radius 1 is 1.50 bits per heavy atom. The maximum absolute atomic E-state index is 11.4. The van der Waals surface area contributed by atoms with Gasteiger partial charge in [0.05, 0.1) is 13.3 Å². The number of nitrogens with zero attached hydrogens (tertiary/aromatic N) is 3. The number of hydrogen-bond acceptors (Lipinski definition) is 6. The van der Waals surface area contributed by atoms with Gasteiger partial charge in [0.1, 0.15) is 5.82 Å². The van der Waals surface area contributed by atoms with E-state index >= 15 is 0 Å². The van der Waals surface area contributed by atoms with Crippen molar-refractivity contribution in [2.45, 2.75) is 12.8 Å². The zero-order valence-corrected chi connectivity index (χ0v) is 9.14. The maximum atomic E-state index is 11.4. The predicted molar refractivity (Wildman–Crippen MR) is 59.2 cm³/mol. The summed E-state index contributed by atoms with van der Waals surface area (Å²) in [5.41, 5.74) is 5.66. The van der Waals surface area contributed by atoms with Crippen LogP contribution in [0.4, 0.5) is 11.6 Å². The lowest BCUT2D eigenvalue weighted by Crippen LogP contribution is -2.21. The minimum absolute atomic E-state index is 0.0897. The average molecular weight is 222 g/mol. The molecule has 1 aliphatic heterocycles. The van der Waals surface area contributed by atoms with Gasteiger partial charge in [0.2, 0.25) is 0 Å². The number of hydrogen-bond donors (Lipinski definition) is 1. The van der Waals surface area contributed by atoms with Gasteiger partial charge < -0.3 is 15.4 Å². The molecule has 1 saturated heterocycles. The van der Waals surface area contributed by atoms with Crippen LogP contribution in [0.3, 0.4) is 0 Å². The number of nitrogens with two attached hydrogens (primary N) is 1. The number of rotatable bonds is 2. The molecule has 2 heterocycles. The van der Waals surface area contributed by atoms with Crippen molar-refractivity contribution in [1.82, 2.24) is 9.97 Å². The van der Waals surface area contributed by atoms with E-state index in [1.54, 1.807) is 6.20 Å². The van der Waals surface area contributed by atoms with Crippen LogP contribution >= 0.6 is 0 Å². The van der Waals surface area contributed by atoms with Gasteiger partial charge in [0, 0.05) is 13.1 Å². The summed E-state index contributed by atoms with van der Waals surface area (Å²) in [7, 11) is 1.30. The van der Waals surface area contributed by atoms with Crippen molar-refractivity contribution in [3.8, 4) is 0 Å². The van der Waals surface area contributed by atoms with Crippen molar-refractivity contribution in [3.63, 3.8) is 0 Å². The second-order valence-corrected chi connectivity index (χ2v) is 3.65. The lowest BCUT2D eigenvalue weighted by molar-refractivity contribution is 0.0595. The molecule has 6 nitrogen and oxygen atoms in total. The fraction of sp³-hybridized carbons (Fsp3) is 0.500. The minimum Gasteiger partial charge on any atom is -0.464 e. The van der Waals surface area contributed by atoms with Crippen molar-refractivity contribution in [3.05, 3.63) is 11.9 Å². The molecule has 86 valence electrons. The van der Waals surface area contributed by atoms with Crippen LogP contribution in [-0.2, 0) is 4.74 Å². The number of aromatic nitrogens is 2. The molecule has 0 atom stereocenters. The first-order valence-electron chi connectivity index (χ1n) is 5.18. The number of carbonyl (C=O) groups excluding carboxylic acids is 1. The number of anilines is 2. The van der Waals surface area contributed by atoms with E-state index in [0.717, 1.165) is 25.9 Å². The second-order valence-electron chi connectivity index (χ2n) is 3.65. The second kappa shape index (κ2) is 4.34. The topological polar surface area (TPSA) is 81.3 Å². The molecule has 0 bridgehead atoms. The molecule has 1 aliphatic rings. The molecule has 1 fully saturated rings. The summed E-state index contributed by atoms with van der Waals surface area (Å²) in [6.45, 7) is 1.89. The highest BCUT2D eigenvalue weighted by Gasteiger charge is 2.19. The number of esters is 1. The van der Waals surface area contributed by atoms with E-state index in [-0.39, 0.29) is 11.5 Å². The third-order valence-corrected chi connectivity index (χ3v) is 2.60. The summed E-state index contributed by atoms with van der Waals surface area (Å²) < 4.78 is 4.59. The first-order chi connectivity index (χ1) is 7.72. The largest absolute Gasteiger partial charge is 0.464 e. The molecule has 1 aromatic heterocycles. The van der Waals surface area contributed by atoms with Crippen LogP contribution in [0.5, 0.6) is 0 Å². The fourth-order valence-corrected chi connectivity index (χ4v) is 1.73. The molecule has 0 saturated carbocycles. The van der Waals surface area contributed by atoms with E-state index in [1.165, 1.54) is 7.11 Å². The molecule has 0 unspecified atom stereocenters. The zero-order valence-electron chi connectivity index (χ0n) is 9.14. The van der Waals surface area contributed by atoms with E-state index in [2.05, 4.69) is 19.6 Å². The van der Waals surface area contributed by atoms with Crippen LogP contribution in [0.2, 0.25) is 0 Å². The van der Waals surface area contributed by atoms with Crippen molar-refractivity contribution in [2.75, 3.05) is 30.8 Å². The van der Waals surface area contributed by atoms with Gasteiger partial charge in [-0.3, -0.25) is 0 Å². The standard InChI is InChI=1S/C10H14N4O2/c1-16-10(15)8-9(11)12-6-7(13-8)14-4-2-3-5-14/h6H,2-5H2,1H3,(H2,11,12). The number of methoxy groups -OCH3 is 1.